The van der Waals surface area contributed by atoms with Crippen LogP contribution < -0.4 is 0 Å². The minimum atomic E-state index is 0.250. The van der Waals surface area contributed by atoms with Crippen molar-refractivity contribution >= 4 is 0 Å². The Labute approximate surface area is 141 Å². The fraction of sp³-hybridized carbons (Fsp3) is 0.900. The minimum absolute atomic E-state index is 0.250. The molecule has 136 valence electrons. The van der Waals surface area contributed by atoms with Gasteiger partial charge in [-0.05, 0) is 44.9 Å². The van der Waals surface area contributed by atoms with Gasteiger partial charge in [-0.1, -0.05) is 59.5 Å². The summed E-state index contributed by atoms with van der Waals surface area (Å²) in [5.41, 5.74) is 0. The van der Waals surface area contributed by atoms with E-state index in [1.807, 2.05) is 13.0 Å². The van der Waals surface area contributed by atoms with Gasteiger partial charge in [0.15, 0.2) is 0 Å². The highest BCUT2D eigenvalue weighted by atomic mass is 16.5. The van der Waals surface area contributed by atoms with Crippen molar-refractivity contribution in [3.63, 3.8) is 0 Å². The van der Waals surface area contributed by atoms with Gasteiger partial charge in [0.25, 0.3) is 0 Å². The lowest BCUT2D eigenvalue weighted by Crippen LogP contribution is -1.94. The van der Waals surface area contributed by atoms with E-state index in [-0.39, 0.29) is 6.61 Å². The second kappa shape index (κ2) is 25.6. The van der Waals surface area contributed by atoms with Gasteiger partial charge >= 0.3 is 0 Å². The highest BCUT2D eigenvalue weighted by Crippen LogP contribution is 2.07. The Morgan fingerprint density at radius 1 is 0.909 bits per heavy atom. The average molecular weight is 317 g/mol. The van der Waals surface area contributed by atoms with Gasteiger partial charge in [-0.3, -0.25) is 0 Å². The Morgan fingerprint density at radius 2 is 1.41 bits per heavy atom. The second-order valence-electron chi connectivity index (χ2n) is 6.37. The first kappa shape index (κ1) is 26.6. The van der Waals surface area contributed by atoms with Crippen molar-refractivity contribution in [2.24, 2.45) is 11.8 Å². The largest absolute Gasteiger partial charge is 0.397 e. The molecule has 0 rings (SSSR count). The number of ether oxygens (including phenoxy) is 1. The lowest BCUT2D eigenvalue weighted by atomic mass is 10.1. The smallest absolute Gasteiger partial charge is 0.0465 e. The third-order valence-electron chi connectivity index (χ3n) is 2.96. The predicted molar refractivity (Wildman–Crippen MR) is 101 cm³/mol. The summed E-state index contributed by atoms with van der Waals surface area (Å²) in [6, 6.07) is 0. The van der Waals surface area contributed by atoms with Gasteiger partial charge in [0.1, 0.15) is 0 Å². The van der Waals surface area contributed by atoms with Crippen molar-refractivity contribution in [3.8, 4) is 0 Å². The van der Waals surface area contributed by atoms with E-state index in [0.29, 0.717) is 0 Å². The van der Waals surface area contributed by atoms with Gasteiger partial charge in [-0.2, -0.15) is 0 Å². The molecule has 0 aliphatic rings. The lowest BCUT2D eigenvalue weighted by molar-refractivity contribution is 0.142. The van der Waals surface area contributed by atoms with E-state index in [1.165, 1.54) is 44.9 Å². The molecular formula is C20H44O2. The van der Waals surface area contributed by atoms with Crippen LogP contribution in [0.25, 0.3) is 0 Å². The first-order valence-electron chi connectivity index (χ1n) is 9.25. The Hall–Kier alpha value is -0.340. The Morgan fingerprint density at radius 3 is 1.82 bits per heavy atom. The molecule has 0 heterocycles. The monoisotopic (exact) mass is 316 g/mol. The van der Waals surface area contributed by atoms with Crippen molar-refractivity contribution in [1.82, 2.24) is 0 Å². The van der Waals surface area contributed by atoms with Crippen molar-refractivity contribution in [2.45, 2.75) is 86.5 Å². The number of allylic oxidation sites excluding steroid dienone is 1. The molecular weight excluding hydrogens is 272 g/mol. The fourth-order valence-corrected chi connectivity index (χ4v) is 1.75. The molecule has 0 spiro atoms. The normalized spacial score (nSPS) is 9.86. The summed E-state index contributed by atoms with van der Waals surface area (Å²) in [6.07, 6.45) is 11.1. The molecule has 0 unspecified atom stereocenters. The molecule has 1 N–H and O–H groups in total. The van der Waals surface area contributed by atoms with Crippen LogP contribution >= 0.6 is 0 Å². The number of aliphatic hydroxyl groups is 1. The SMILES string of the molecule is C=CCCCC(C)C.CCO.CCOCCCCCC(C)C. The molecule has 0 radical (unpaired) electrons. The summed E-state index contributed by atoms with van der Waals surface area (Å²) in [5, 5.41) is 7.57. The van der Waals surface area contributed by atoms with Crippen LogP contribution in [-0.4, -0.2) is 24.9 Å². The van der Waals surface area contributed by atoms with Crippen LogP contribution in [0.5, 0.6) is 0 Å². The third-order valence-corrected chi connectivity index (χ3v) is 2.96. The Bertz CT molecular complexity index is 177. The number of hydrogen-bond donors (Lipinski definition) is 1. The molecule has 2 nitrogen and oxygen atoms in total. The Balaban J connectivity index is -0.000000288. The summed E-state index contributed by atoms with van der Waals surface area (Å²) in [6.45, 7) is 18.5. The summed E-state index contributed by atoms with van der Waals surface area (Å²) in [7, 11) is 0. The van der Waals surface area contributed by atoms with Crippen molar-refractivity contribution in [3.05, 3.63) is 12.7 Å². The van der Waals surface area contributed by atoms with Crippen molar-refractivity contribution in [2.75, 3.05) is 19.8 Å². The molecule has 0 aliphatic heterocycles. The zero-order valence-electron chi connectivity index (χ0n) is 16.4. The van der Waals surface area contributed by atoms with Gasteiger partial charge in [0.05, 0.1) is 0 Å². The van der Waals surface area contributed by atoms with Gasteiger partial charge < -0.3 is 9.84 Å². The standard InChI is InChI=1S/C10H22O.C8H16.C2H6O/c1-4-11-9-7-5-6-8-10(2)3;1-4-5-6-7-8(2)3;1-2-3/h10H,4-9H2,1-3H3;4,8H,1,5-7H2,2-3H3;3H,2H2,1H3. The van der Waals surface area contributed by atoms with E-state index in [1.54, 1.807) is 6.92 Å². The molecule has 0 aromatic rings. The number of aliphatic hydroxyl groups excluding tert-OH is 1. The van der Waals surface area contributed by atoms with Crippen LogP contribution in [0.15, 0.2) is 12.7 Å². The topological polar surface area (TPSA) is 29.5 Å². The number of rotatable bonds is 11. The summed E-state index contributed by atoms with van der Waals surface area (Å²) in [5.74, 6) is 1.72. The summed E-state index contributed by atoms with van der Waals surface area (Å²) in [4.78, 5) is 0. The van der Waals surface area contributed by atoms with E-state index in [4.69, 9.17) is 9.84 Å². The number of unbranched alkanes of at least 4 members (excludes halogenated alkanes) is 3. The van der Waals surface area contributed by atoms with E-state index in [2.05, 4.69) is 34.3 Å². The van der Waals surface area contributed by atoms with Crippen LogP contribution in [0, 0.1) is 11.8 Å². The van der Waals surface area contributed by atoms with Gasteiger partial charge in [-0.15, -0.1) is 6.58 Å². The van der Waals surface area contributed by atoms with Gasteiger partial charge in [-0.25, -0.2) is 0 Å². The second-order valence-corrected chi connectivity index (χ2v) is 6.37. The molecule has 0 bridgehead atoms. The van der Waals surface area contributed by atoms with Crippen LogP contribution in [0.3, 0.4) is 0 Å². The predicted octanol–water partition coefficient (Wildman–Crippen LogP) is 6.24. The van der Waals surface area contributed by atoms with Crippen LogP contribution in [0.1, 0.15) is 86.5 Å². The van der Waals surface area contributed by atoms with E-state index in [0.717, 1.165) is 25.0 Å². The van der Waals surface area contributed by atoms with Crippen LogP contribution in [-0.2, 0) is 4.74 Å². The highest BCUT2D eigenvalue weighted by molar-refractivity contribution is 4.65. The fourth-order valence-electron chi connectivity index (χ4n) is 1.75. The molecule has 0 atom stereocenters. The molecule has 0 saturated heterocycles. The average Bonchev–Trinajstić information content (AvgIpc) is 2.44. The van der Waals surface area contributed by atoms with Crippen molar-refractivity contribution < 1.29 is 9.84 Å². The number of hydrogen-bond acceptors (Lipinski definition) is 2. The molecule has 0 aromatic heterocycles. The molecule has 0 fully saturated rings. The maximum Gasteiger partial charge on any atom is 0.0465 e. The Kier molecular flexibility index (Phi) is 30.9. The maximum atomic E-state index is 7.57. The summed E-state index contributed by atoms with van der Waals surface area (Å²) < 4.78 is 5.24. The van der Waals surface area contributed by atoms with E-state index >= 15 is 0 Å². The maximum absolute atomic E-state index is 7.57. The third kappa shape index (κ3) is 42.7. The molecule has 2 heteroatoms. The van der Waals surface area contributed by atoms with Crippen LogP contribution in [0.2, 0.25) is 0 Å². The molecule has 0 aromatic carbocycles. The lowest BCUT2D eigenvalue weighted by Gasteiger charge is -2.03. The van der Waals surface area contributed by atoms with E-state index < -0.39 is 0 Å². The highest BCUT2D eigenvalue weighted by Gasteiger charge is 1.93. The molecule has 0 saturated carbocycles. The minimum Gasteiger partial charge on any atom is -0.397 e. The van der Waals surface area contributed by atoms with Gasteiger partial charge in [0, 0.05) is 19.8 Å². The zero-order chi connectivity index (χ0) is 17.6. The molecule has 0 aliphatic carbocycles. The van der Waals surface area contributed by atoms with Crippen LogP contribution in [0.4, 0.5) is 0 Å². The molecule has 22 heavy (non-hydrogen) atoms. The summed E-state index contributed by atoms with van der Waals surface area (Å²) >= 11 is 0. The first-order chi connectivity index (χ1) is 10.5. The van der Waals surface area contributed by atoms with Crippen molar-refractivity contribution in [1.29, 1.82) is 0 Å². The quantitative estimate of drug-likeness (QED) is 0.361. The van der Waals surface area contributed by atoms with E-state index in [9.17, 15) is 0 Å². The van der Waals surface area contributed by atoms with Gasteiger partial charge in [0.2, 0.25) is 0 Å². The first-order valence-corrected chi connectivity index (χ1v) is 9.25. The molecule has 0 amide bonds. The zero-order valence-corrected chi connectivity index (χ0v) is 16.4.